The molecular formula is C19H25N3O4S2. The summed E-state index contributed by atoms with van der Waals surface area (Å²) in [6.07, 6.45) is 3.78. The van der Waals surface area contributed by atoms with Crippen LogP contribution < -0.4 is 10.9 Å². The van der Waals surface area contributed by atoms with E-state index in [9.17, 15) is 14.4 Å². The van der Waals surface area contributed by atoms with Gasteiger partial charge in [0.25, 0.3) is 5.56 Å². The van der Waals surface area contributed by atoms with Gasteiger partial charge in [-0.1, -0.05) is 32.0 Å². The van der Waals surface area contributed by atoms with Crippen LogP contribution in [0.25, 0.3) is 10.2 Å². The van der Waals surface area contributed by atoms with Crippen LogP contribution in [0.2, 0.25) is 0 Å². The first-order valence-corrected chi connectivity index (χ1v) is 11.2. The van der Waals surface area contributed by atoms with E-state index in [1.165, 1.54) is 28.3 Å². The van der Waals surface area contributed by atoms with E-state index in [4.69, 9.17) is 4.74 Å². The predicted octanol–water partition coefficient (Wildman–Crippen LogP) is 2.28. The third-order valence-electron chi connectivity index (χ3n) is 5.22. The van der Waals surface area contributed by atoms with E-state index in [2.05, 4.69) is 10.3 Å². The molecule has 0 spiro atoms. The van der Waals surface area contributed by atoms with Gasteiger partial charge in [-0.15, -0.1) is 11.3 Å². The average Bonchev–Trinajstić information content (AvgIpc) is 3.27. The third-order valence-corrected chi connectivity index (χ3v) is 7.44. The zero-order valence-electron chi connectivity index (χ0n) is 16.5. The molecule has 0 saturated heterocycles. The van der Waals surface area contributed by atoms with E-state index >= 15 is 0 Å². The Morgan fingerprint density at radius 2 is 2.14 bits per heavy atom. The SMILES string of the molecule is CC[C@@H](C)[C@@H](NC(=O)CSc1nc2sc3c(c2c(=O)n1C)CCC3)C(=O)OC. The molecule has 1 aliphatic rings. The number of carbonyl (C=O) groups is 2. The number of amides is 1. The van der Waals surface area contributed by atoms with Crippen molar-refractivity contribution in [2.45, 2.75) is 50.7 Å². The first-order chi connectivity index (χ1) is 13.4. The molecule has 0 fully saturated rings. The van der Waals surface area contributed by atoms with E-state index in [0.29, 0.717) is 5.16 Å². The van der Waals surface area contributed by atoms with Crippen LogP contribution in [-0.2, 0) is 34.2 Å². The second-order valence-electron chi connectivity index (χ2n) is 7.04. The van der Waals surface area contributed by atoms with Crippen molar-refractivity contribution in [3.8, 4) is 0 Å². The number of aromatic nitrogens is 2. The van der Waals surface area contributed by atoms with Gasteiger partial charge in [0.15, 0.2) is 5.16 Å². The number of nitrogens with zero attached hydrogens (tertiary/aromatic N) is 2. The van der Waals surface area contributed by atoms with Gasteiger partial charge < -0.3 is 10.1 Å². The Morgan fingerprint density at radius 1 is 1.39 bits per heavy atom. The molecule has 3 rings (SSSR count). The summed E-state index contributed by atoms with van der Waals surface area (Å²) in [7, 11) is 3.00. The van der Waals surface area contributed by atoms with Crippen LogP contribution in [-0.4, -0.2) is 40.3 Å². The summed E-state index contributed by atoms with van der Waals surface area (Å²) < 4.78 is 6.31. The second-order valence-corrected chi connectivity index (χ2v) is 9.06. The van der Waals surface area contributed by atoms with Gasteiger partial charge in [0.2, 0.25) is 5.91 Å². The second kappa shape index (κ2) is 8.65. The minimum absolute atomic E-state index is 0.0336. The Kier molecular flexibility index (Phi) is 6.44. The Bertz CT molecular complexity index is 966. The number of esters is 1. The minimum Gasteiger partial charge on any atom is -0.467 e. The van der Waals surface area contributed by atoms with Gasteiger partial charge in [-0.25, -0.2) is 9.78 Å². The predicted molar refractivity (Wildman–Crippen MR) is 111 cm³/mol. The van der Waals surface area contributed by atoms with Gasteiger partial charge in [0.1, 0.15) is 10.9 Å². The highest BCUT2D eigenvalue weighted by Gasteiger charge is 2.27. The van der Waals surface area contributed by atoms with Crippen LogP contribution in [0.15, 0.2) is 9.95 Å². The van der Waals surface area contributed by atoms with Gasteiger partial charge in [0.05, 0.1) is 18.2 Å². The molecule has 0 saturated carbocycles. The molecule has 2 heterocycles. The topological polar surface area (TPSA) is 90.3 Å². The first-order valence-electron chi connectivity index (χ1n) is 9.38. The first kappa shape index (κ1) is 20.9. The van der Waals surface area contributed by atoms with Crippen LogP contribution in [0.4, 0.5) is 0 Å². The number of nitrogens with one attached hydrogen (secondary N) is 1. The molecule has 2 atom stereocenters. The van der Waals surface area contributed by atoms with E-state index in [-0.39, 0.29) is 23.1 Å². The summed E-state index contributed by atoms with van der Waals surface area (Å²) in [6.45, 7) is 3.85. The molecule has 152 valence electrons. The lowest BCUT2D eigenvalue weighted by atomic mass is 9.99. The Labute approximate surface area is 171 Å². The fourth-order valence-electron chi connectivity index (χ4n) is 3.38. The van der Waals surface area contributed by atoms with Crippen molar-refractivity contribution in [3.63, 3.8) is 0 Å². The molecule has 2 aromatic heterocycles. The molecule has 9 heteroatoms. The number of hydrogen-bond donors (Lipinski definition) is 1. The molecule has 1 N–H and O–H groups in total. The van der Waals surface area contributed by atoms with Gasteiger partial charge in [-0.2, -0.15) is 0 Å². The Morgan fingerprint density at radius 3 is 2.82 bits per heavy atom. The number of hydrogen-bond acceptors (Lipinski definition) is 7. The normalized spacial score (nSPS) is 15.3. The van der Waals surface area contributed by atoms with Crippen LogP contribution in [0, 0.1) is 5.92 Å². The monoisotopic (exact) mass is 423 g/mol. The number of thioether (sulfide) groups is 1. The summed E-state index contributed by atoms with van der Waals surface area (Å²) in [5.41, 5.74) is 1.09. The van der Waals surface area contributed by atoms with E-state index in [1.54, 1.807) is 18.4 Å². The molecule has 0 aliphatic heterocycles. The van der Waals surface area contributed by atoms with Crippen molar-refractivity contribution in [1.82, 2.24) is 14.9 Å². The fraction of sp³-hybridized carbons (Fsp3) is 0.579. The molecule has 28 heavy (non-hydrogen) atoms. The maximum Gasteiger partial charge on any atom is 0.328 e. The minimum atomic E-state index is -0.678. The average molecular weight is 424 g/mol. The highest BCUT2D eigenvalue weighted by molar-refractivity contribution is 7.99. The van der Waals surface area contributed by atoms with Crippen molar-refractivity contribution < 1.29 is 14.3 Å². The molecular weight excluding hydrogens is 398 g/mol. The largest absolute Gasteiger partial charge is 0.467 e. The molecule has 0 unspecified atom stereocenters. The van der Waals surface area contributed by atoms with E-state index < -0.39 is 12.0 Å². The van der Waals surface area contributed by atoms with Crippen molar-refractivity contribution in [1.29, 1.82) is 0 Å². The summed E-state index contributed by atoms with van der Waals surface area (Å²) in [5.74, 6) is -0.703. The summed E-state index contributed by atoms with van der Waals surface area (Å²) >= 11 is 2.78. The third kappa shape index (κ3) is 3.96. The molecule has 0 bridgehead atoms. The lowest BCUT2D eigenvalue weighted by molar-refractivity contribution is -0.146. The van der Waals surface area contributed by atoms with Gasteiger partial charge in [0, 0.05) is 11.9 Å². The van der Waals surface area contributed by atoms with Crippen molar-refractivity contribution >= 4 is 45.2 Å². The zero-order chi connectivity index (χ0) is 20.4. The summed E-state index contributed by atoms with van der Waals surface area (Å²) in [4.78, 5) is 43.8. The molecule has 7 nitrogen and oxygen atoms in total. The Hall–Kier alpha value is -1.87. The van der Waals surface area contributed by atoms with Crippen molar-refractivity contribution in [3.05, 3.63) is 20.8 Å². The fourth-order valence-corrected chi connectivity index (χ4v) is 5.46. The van der Waals surface area contributed by atoms with E-state index in [1.807, 2.05) is 13.8 Å². The van der Waals surface area contributed by atoms with Gasteiger partial charge in [-0.05, 0) is 30.7 Å². The molecule has 2 aromatic rings. The smallest absolute Gasteiger partial charge is 0.328 e. The van der Waals surface area contributed by atoms with Gasteiger partial charge in [-0.3, -0.25) is 14.2 Å². The molecule has 1 aliphatic carbocycles. The highest BCUT2D eigenvalue weighted by Crippen LogP contribution is 2.35. The van der Waals surface area contributed by atoms with Gasteiger partial charge >= 0.3 is 5.97 Å². The summed E-state index contributed by atoms with van der Waals surface area (Å²) in [6, 6.07) is -0.678. The van der Waals surface area contributed by atoms with Crippen LogP contribution in [0.5, 0.6) is 0 Å². The number of methoxy groups -OCH3 is 1. The lowest BCUT2D eigenvalue weighted by Gasteiger charge is -2.21. The molecule has 0 aromatic carbocycles. The van der Waals surface area contributed by atoms with Crippen LogP contribution in [0.3, 0.4) is 0 Å². The van der Waals surface area contributed by atoms with Crippen molar-refractivity contribution in [2.24, 2.45) is 13.0 Å². The van der Waals surface area contributed by atoms with Crippen LogP contribution in [0.1, 0.15) is 37.1 Å². The van der Waals surface area contributed by atoms with Crippen LogP contribution >= 0.6 is 23.1 Å². The molecule has 0 radical (unpaired) electrons. The maximum atomic E-state index is 12.8. The Balaban J connectivity index is 1.74. The number of fused-ring (bicyclic) bond motifs is 3. The number of thiophene rings is 1. The highest BCUT2D eigenvalue weighted by atomic mass is 32.2. The standard InChI is InChI=1S/C19H25N3O4S2/c1-5-10(2)15(18(25)26-4)20-13(23)9-27-19-21-16-14(17(24)22(19)3)11-7-6-8-12(11)28-16/h10,15H,5-9H2,1-4H3,(H,20,23)/t10-,15-/m1/s1. The number of rotatable bonds is 7. The number of carbonyl (C=O) groups excluding carboxylic acids is 2. The quantitative estimate of drug-likeness (QED) is 0.417. The number of ether oxygens (including phenoxy) is 1. The van der Waals surface area contributed by atoms with E-state index in [0.717, 1.165) is 41.5 Å². The molecule has 1 amide bonds. The zero-order valence-corrected chi connectivity index (χ0v) is 18.2. The number of aryl methyl sites for hydroxylation is 2. The maximum absolute atomic E-state index is 12.8. The lowest BCUT2D eigenvalue weighted by Crippen LogP contribution is -2.46. The van der Waals surface area contributed by atoms with Crippen molar-refractivity contribution in [2.75, 3.05) is 12.9 Å². The summed E-state index contributed by atoms with van der Waals surface area (Å²) in [5, 5.41) is 3.98.